The van der Waals surface area contributed by atoms with Gasteiger partial charge in [0.05, 0.1) is 6.54 Å². The Morgan fingerprint density at radius 2 is 2.00 bits per heavy atom. The summed E-state index contributed by atoms with van der Waals surface area (Å²) in [6.45, 7) is -0.556. The van der Waals surface area contributed by atoms with Crippen LogP contribution in [0, 0.1) is 5.82 Å². The lowest BCUT2D eigenvalue weighted by Gasteiger charge is -2.07. The topological polar surface area (TPSA) is 123 Å². The second-order valence-corrected chi connectivity index (χ2v) is 6.69. The molecule has 10 heteroatoms. The van der Waals surface area contributed by atoms with E-state index >= 15 is 0 Å². The van der Waals surface area contributed by atoms with Gasteiger partial charge in [-0.05, 0) is 24.3 Å². The van der Waals surface area contributed by atoms with Crippen LogP contribution in [0.1, 0.15) is 10.5 Å². The van der Waals surface area contributed by atoms with Crippen molar-refractivity contribution in [2.45, 2.75) is 4.90 Å². The number of amides is 2. The maximum atomic E-state index is 13.0. The molecule has 8 nitrogen and oxygen atoms in total. The van der Waals surface area contributed by atoms with E-state index in [0.717, 1.165) is 12.1 Å². The number of aryl methyl sites for hydroxylation is 1. The maximum Gasteiger partial charge on any atom is 0.265 e. The zero-order valence-electron chi connectivity index (χ0n) is 12.6. The normalized spacial score (nSPS) is 11.2. The van der Waals surface area contributed by atoms with Crippen LogP contribution in [0.25, 0.3) is 0 Å². The molecule has 2 aromatic rings. The third kappa shape index (κ3) is 4.18. The number of aromatic nitrogens is 1. The minimum absolute atomic E-state index is 0.0135. The molecule has 0 aliphatic rings. The van der Waals surface area contributed by atoms with Crippen molar-refractivity contribution >= 4 is 27.5 Å². The smallest absolute Gasteiger partial charge is 0.265 e. The second-order valence-electron chi connectivity index (χ2n) is 4.92. The lowest BCUT2D eigenvalue weighted by molar-refractivity contribution is -0.115. The van der Waals surface area contributed by atoms with Crippen LogP contribution < -0.4 is 15.8 Å². The van der Waals surface area contributed by atoms with Gasteiger partial charge in [0.1, 0.15) is 16.4 Å². The van der Waals surface area contributed by atoms with Crippen molar-refractivity contribution in [3.63, 3.8) is 0 Å². The van der Waals surface area contributed by atoms with E-state index in [1.54, 1.807) is 0 Å². The number of halogens is 1. The molecule has 0 bridgehead atoms. The molecule has 0 unspecified atom stereocenters. The largest absolute Gasteiger partial charge is 0.364 e. The summed E-state index contributed by atoms with van der Waals surface area (Å²) in [7, 11) is -2.54. The van der Waals surface area contributed by atoms with Gasteiger partial charge in [0.2, 0.25) is 15.9 Å². The maximum absolute atomic E-state index is 13.0. The minimum Gasteiger partial charge on any atom is -0.364 e. The fourth-order valence-electron chi connectivity index (χ4n) is 1.94. The van der Waals surface area contributed by atoms with E-state index in [-0.39, 0.29) is 16.3 Å². The summed E-state index contributed by atoms with van der Waals surface area (Å²) >= 11 is 0. The molecular formula is C14H15FN4O4S. The highest BCUT2D eigenvalue weighted by molar-refractivity contribution is 7.89. The first-order chi connectivity index (χ1) is 11.2. The standard InChI is InChI=1S/C14H15FN4O4S/c1-19-8-11(6-12(19)14(16)21)24(22,23)17-7-13(20)18-10-4-2-3-9(15)5-10/h2-6,8,17H,7H2,1H3,(H2,16,21)(H,18,20). The van der Waals surface area contributed by atoms with Crippen molar-refractivity contribution in [2.75, 3.05) is 11.9 Å². The number of nitrogens with two attached hydrogens (primary N) is 1. The Balaban J connectivity index is 2.03. The van der Waals surface area contributed by atoms with Crippen molar-refractivity contribution in [3.05, 3.63) is 48.0 Å². The number of hydrogen-bond donors (Lipinski definition) is 3. The third-order valence-corrected chi connectivity index (χ3v) is 4.44. The van der Waals surface area contributed by atoms with E-state index < -0.39 is 34.2 Å². The number of carbonyl (C=O) groups is 2. The molecule has 0 fully saturated rings. The summed E-state index contributed by atoms with van der Waals surface area (Å²) in [6, 6.07) is 6.29. The van der Waals surface area contributed by atoms with E-state index in [9.17, 15) is 22.4 Å². The number of benzene rings is 1. The Bertz CT molecular complexity index is 892. The van der Waals surface area contributed by atoms with Crippen LogP contribution in [0.3, 0.4) is 0 Å². The van der Waals surface area contributed by atoms with Gasteiger partial charge < -0.3 is 15.6 Å². The average molecular weight is 354 g/mol. The Morgan fingerprint density at radius 1 is 1.29 bits per heavy atom. The molecule has 24 heavy (non-hydrogen) atoms. The summed E-state index contributed by atoms with van der Waals surface area (Å²) < 4.78 is 40.6. The third-order valence-electron chi connectivity index (χ3n) is 3.07. The summed E-state index contributed by atoms with van der Waals surface area (Å²) in [4.78, 5) is 22.7. The van der Waals surface area contributed by atoms with Crippen LogP contribution in [0.2, 0.25) is 0 Å². The number of nitrogens with zero attached hydrogens (tertiary/aromatic N) is 1. The van der Waals surface area contributed by atoms with Crippen molar-refractivity contribution in [3.8, 4) is 0 Å². The molecule has 0 radical (unpaired) electrons. The predicted molar refractivity (Wildman–Crippen MR) is 84.1 cm³/mol. The molecule has 2 rings (SSSR count). The fraction of sp³-hybridized carbons (Fsp3) is 0.143. The van der Waals surface area contributed by atoms with Gasteiger partial charge in [0.15, 0.2) is 0 Å². The average Bonchev–Trinajstić information content (AvgIpc) is 2.88. The van der Waals surface area contributed by atoms with Gasteiger partial charge in [0.25, 0.3) is 5.91 Å². The molecule has 2 amide bonds. The van der Waals surface area contributed by atoms with Crippen molar-refractivity contribution < 1.29 is 22.4 Å². The number of primary amides is 1. The Morgan fingerprint density at radius 3 is 2.58 bits per heavy atom. The Hall–Kier alpha value is -2.72. The quantitative estimate of drug-likeness (QED) is 0.684. The van der Waals surface area contributed by atoms with E-state index in [0.29, 0.717) is 0 Å². The summed E-state index contributed by atoms with van der Waals surface area (Å²) in [5, 5.41) is 2.36. The number of nitrogens with one attached hydrogen (secondary N) is 2. The van der Waals surface area contributed by atoms with Crippen LogP contribution in [0.15, 0.2) is 41.4 Å². The van der Waals surface area contributed by atoms with Gasteiger partial charge in [-0.3, -0.25) is 9.59 Å². The zero-order chi connectivity index (χ0) is 17.9. The van der Waals surface area contributed by atoms with E-state index in [1.807, 2.05) is 0 Å². The van der Waals surface area contributed by atoms with Gasteiger partial charge in [-0.25, -0.2) is 17.5 Å². The van der Waals surface area contributed by atoms with Crippen LogP contribution in [0.4, 0.5) is 10.1 Å². The molecular weight excluding hydrogens is 339 g/mol. The van der Waals surface area contributed by atoms with Crippen molar-refractivity contribution in [2.24, 2.45) is 12.8 Å². The summed E-state index contributed by atoms with van der Waals surface area (Å²) in [5.74, 6) is -1.98. The lowest BCUT2D eigenvalue weighted by atomic mass is 10.3. The first-order valence-electron chi connectivity index (χ1n) is 6.70. The summed E-state index contributed by atoms with van der Waals surface area (Å²) in [6.07, 6.45) is 1.20. The molecule has 1 heterocycles. The number of carbonyl (C=O) groups excluding carboxylic acids is 2. The van der Waals surface area contributed by atoms with Crippen molar-refractivity contribution in [1.82, 2.24) is 9.29 Å². The Kier molecular flexibility index (Phi) is 5.00. The SMILES string of the molecule is Cn1cc(S(=O)(=O)NCC(=O)Nc2cccc(F)c2)cc1C(N)=O. The lowest BCUT2D eigenvalue weighted by Crippen LogP contribution is -2.32. The molecule has 0 aliphatic heterocycles. The van der Waals surface area contributed by atoms with Crippen LogP contribution in [-0.2, 0) is 21.9 Å². The van der Waals surface area contributed by atoms with Gasteiger partial charge in [-0.2, -0.15) is 0 Å². The van der Waals surface area contributed by atoms with E-state index in [4.69, 9.17) is 5.73 Å². The number of hydrogen-bond acceptors (Lipinski definition) is 4. The predicted octanol–water partition coefficient (Wildman–Crippen LogP) is 0.180. The first-order valence-corrected chi connectivity index (χ1v) is 8.18. The summed E-state index contributed by atoms with van der Waals surface area (Å²) in [5.41, 5.74) is 5.34. The molecule has 0 aliphatic carbocycles. The highest BCUT2D eigenvalue weighted by Crippen LogP contribution is 2.13. The van der Waals surface area contributed by atoms with Gasteiger partial charge in [-0.15, -0.1) is 0 Å². The van der Waals surface area contributed by atoms with Crippen LogP contribution in [-0.4, -0.2) is 31.3 Å². The molecule has 4 N–H and O–H groups in total. The number of anilines is 1. The molecule has 128 valence electrons. The van der Waals surface area contributed by atoms with Gasteiger partial charge >= 0.3 is 0 Å². The van der Waals surface area contributed by atoms with Gasteiger partial charge in [0, 0.05) is 18.9 Å². The minimum atomic E-state index is -4.00. The van der Waals surface area contributed by atoms with E-state index in [1.165, 1.54) is 36.0 Å². The molecule has 0 saturated heterocycles. The highest BCUT2D eigenvalue weighted by atomic mass is 32.2. The first kappa shape index (κ1) is 17.6. The molecule has 0 spiro atoms. The highest BCUT2D eigenvalue weighted by Gasteiger charge is 2.20. The molecule has 1 aromatic heterocycles. The fourth-order valence-corrected chi connectivity index (χ4v) is 2.99. The van der Waals surface area contributed by atoms with Crippen LogP contribution in [0.5, 0.6) is 0 Å². The van der Waals surface area contributed by atoms with Crippen LogP contribution >= 0.6 is 0 Å². The molecule has 0 atom stereocenters. The number of rotatable bonds is 6. The second kappa shape index (κ2) is 6.81. The Labute approximate surface area is 137 Å². The zero-order valence-corrected chi connectivity index (χ0v) is 13.4. The molecule has 0 saturated carbocycles. The van der Waals surface area contributed by atoms with E-state index in [2.05, 4.69) is 10.0 Å². The number of sulfonamides is 1. The van der Waals surface area contributed by atoms with Crippen molar-refractivity contribution in [1.29, 1.82) is 0 Å². The molecule has 1 aromatic carbocycles. The van der Waals surface area contributed by atoms with Gasteiger partial charge in [-0.1, -0.05) is 6.07 Å². The monoisotopic (exact) mass is 354 g/mol.